The van der Waals surface area contributed by atoms with Gasteiger partial charge in [-0.3, -0.25) is 10.0 Å². The molecule has 0 rings (SSSR count). The van der Waals surface area contributed by atoms with Crippen molar-refractivity contribution in [3.8, 4) is 0 Å². The van der Waals surface area contributed by atoms with Crippen LogP contribution in [0, 0.1) is 0 Å². The minimum Gasteiger partial charge on any atom is -0.485 e. The third-order valence-electron chi connectivity index (χ3n) is 0.386. The number of nitrogens with zero attached hydrogens (tertiary/aromatic N) is 1. The number of hydrogen-bond donors (Lipinski definition) is 1. The van der Waals surface area contributed by atoms with Crippen LogP contribution < -0.4 is 0 Å². The van der Waals surface area contributed by atoms with E-state index in [2.05, 4.69) is 12.5 Å². The molecule has 5 nitrogen and oxygen atoms in total. The predicted molar refractivity (Wildman–Crippen MR) is 24.5 cm³/mol. The highest BCUT2D eigenvalue weighted by Gasteiger charge is 1.99. The first-order valence-corrected chi connectivity index (χ1v) is 2.80. The highest BCUT2D eigenvalue weighted by molar-refractivity contribution is 6.17. The summed E-state index contributed by atoms with van der Waals surface area (Å²) in [5.74, 6) is 0. The molecule has 47 valence electrons. The zero-order valence-corrected chi connectivity index (χ0v) is 5.85. The summed E-state index contributed by atoms with van der Waals surface area (Å²) in [4.78, 5) is 4.16. The van der Waals surface area contributed by atoms with Crippen LogP contribution in [0.15, 0.2) is 0 Å². The lowest BCUT2D eigenvalue weighted by Crippen LogP contribution is -2.21. The van der Waals surface area contributed by atoms with Gasteiger partial charge in [-0.05, 0) is 0 Å². The molecule has 0 aliphatic carbocycles. The standard InChI is InChI=1S/CH4NO3.CH3O.Al/c1-5-2(3)4;1-2;/h3H,1H3;1H3;/q2*-1;+2. The summed E-state index contributed by atoms with van der Waals surface area (Å²) >= 11 is -0.666. The Morgan fingerprint density at radius 2 is 2.12 bits per heavy atom. The molecule has 0 aromatic carbocycles. The first-order valence-electron chi connectivity index (χ1n) is 1.85. The van der Waals surface area contributed by atoms with E-state index < -0.39 is 15.9 Å². The maximum atomic E-state index is 8.32. The molecule has 0 aromatic rings. The molecule has 0 amide bonds. The molecule has 0 aliphatic heterocycles. The summed E-state index contributed by atoms with van der Waals surface area (Å²) in [6.45, 7) is 0. The maximum absolute atomic E-state index is 8.32. The van der Waals surface area contributed by atoms with Gasteiger partial charge in [-0.1, -0.05) is 0 Å². The molecule has 0 aliphatic rings. The maximum Gasteiger partial charge on any atom is 0.691 e. The number of hydrogen-bond acceptors (Lipinski definition) is 5. The molecule has 0 heterocycles. The Labute approximate surface area is 54.0 Å². The van der Waals surface area contributed by atoms with Crippen LogP contribution >= 0.6 is 0 Å². The SMILES string of the molecule is C[O][Al][O]N(O)OC. The lowest BCUT2D eigenvalue weighted by molar-refractivity contribution is -0.468. The summed E-state index contributed by atoms with van der Waals surface area (Å²) in [5.41, 5.74) is 0. The average molecular weight is 136 g/mol. The Kier molecular flexibility index (Phi) is 5.70. The normalized spacial score (nSPS) is 10.0. The van der Waals surface area contributed by atoms with Gasteiger partial charge in [0, 0.05) is 12.5 Å². The Balaban J connectivity index is 2.86. The zero-order chi connectivity index (χ0) is 6.41. The monoisotopic (exact) mass is 136 g/mol. The van der Waals surface area contributed by atoms with Gasteiger partial charge in [-0.25, -0.2) is 0 Å². The summed E-state index contributed by atoms with van der Waals surface area (Å²) < 4.78 is 8.86. The van der Waals surface area contributed by atoms with Gasteiger partial charge < -0.3 is 7.68 Å². The lowest BCUT2D eigenvalue weighted by atomic mass is 11.7. The van der Waals surface area contributed by atoms with Crippen LogP contribution in [0.4, 0.5) is 0 Å². The van der Waals surface area contributed by atoms with Gasteiger partial charge in [0.2, 0.25) is 0 Å². The second kappa shape index (κ2) is 5.47. The van der Waals surface area contributed by atoms with Crippen molar-refractivity contribution in [1.29, 1.82) is 0 Å². The lowest BCUT2D eigenvalue weighted by Gasteiger charge is -2.08. The molecule has 1 radical (unpaired) electrons. The first-order chi connectivity index (χ1) is 3.81. The van der Waals surface area contributed by atoms with Gasteiger partial charge in [0.15, 0.2) is 0 Å². The second-order valence-corrected chi connectivity index (χ2v) is 1.73. The molecule has 0 fully saturated rings. The molecule has 0 bridgehead atoms. The van der Waals surface area contributed by atoms with E-state index in [-0.39, 0.29) is 5.39 Å². The molecule has 0 unspecified atom stereocenters. The molecule has 8 heavy (non-hydrogen) atoms. The van der Waals surface area contributed by atoms with E-state index in [1.165, 1.54) is 14.2 Å². The van der Waals surface area contributed by atoms with Crippen LogP contribution in [0.3, 0.4) is 0 Å². The molecular formula is C2H7AlNO4. The van der Waals surface area contributed by atoms with Crippen molar-refractivity contribution in [3.63, 3.8) is 0 Å². The third kappa shape index (κ3) is 4.49. The second-order valence-electron chi connectivity index (χ2n) is 0.858. The van der Waals surface area contributed by atoms with Crippen molar-refractivity contribution in [2.24, 2.45) is 0 Å². The molecule has 1 N–H and O–H groups in total. The minimum absolute atomic E-state index is 0.249. The Hall–Kier alpha value is 0.332. The van der Waals surface area contributed by atoms with Crippen LogP contribution in [0.2, 0.25) is 0 Å². The van der Waals surface area contributed by atoms with Gasteiger partial charge in [-0.15, -0.1) is 0 Å². The third-order valence-corrected chi connectivity index (χ3v) is 0.844. The Morgan fingerprint density at radius 3 is 2.50 bits per heavy atom. The van der Waals surface area contributed by atoms with Crippen LogP contribution in [-0.4, -0.2) is 40.7 Å². The van der Waals surface area contributed by atoms with E-state index in [0.717, 1.165) is 0 Å². The highest BCUT2D eigenvalue weighted by atomic mass is 27.2. The summed E-state index contributed by atoms with van der Waals surface area (Å²) in [6, 6.07) is 0. The summed E-state index contributed by atoms with van der Waals surface area (Å²) in [6.07, 6.45) is 0. The molecule has 0 spiro atoms. The fraction of sp³-hybridized carbons (Fsp3) is 1.00. The highest BCUT2D eigenvalue weighted by Crippen LogP contribution is 1.78. The predicted octanol–water partition coefficient (Wildman–Crippen LogP) is -0.649. The van der Waals surface area contributed by atoms with Crippen LogP contribution in [0.5, 0.6) is 0 Å². The van der Waals surface area contributed by atoms with E-state index in [1.807, 2.05) is 0 Å². The molecule has 6 heteroatoms. The van der Waals surface area contributed by atoms with Gasteiger partial charge in [0.1, 0.15) is 0 Å². The van der Waals surface area contributed by atoms with Gasteiger partial charge in [0.05, 0.1) is 7.11 Å². The first kappa shape index (κ1) is 8.33. The van der Waals surface area contributed by atoms with Gasteiger partial charge >= 0.3 is 15.9 Å². The quantitative estimate of drug-likeness (QED) is 0.411. The van der Waals surface area contributed by atoms with Crippen LogP contribution in [-0.2, 0) is 12.5 Å². The van der Waals surface area contributed by atoms with Gasteiger partial charge in [0.25, 0.3) is 0 Å². The fourth-order valence-electron chi connectivity index (χ4n) is 0.123. The van der Waals surface area contributed by atoms with Crippen molar-refractivity contribution >= 4 is 15.9 Å². The Morgan fingerprint density at radius 1 is 1.50 bits per heavy atom. The molecule has 0 saturated carbocycles. The van der Waals surface area contributed by atoms with Crippen LogP contribution in [0.1, 0.15) is 0 Å². The smallest absolute Gasteiger partial charge is 0.485 e. The van der Waals surface area contributed by atoms with Crippen molar-refractivity contribution in [3.05, 3.63) is 0 Å². The van der Waals surface area contributed by atoms with E-state index in [9.17, 15) is 0 Å². The van der Waals surface area contributed by atoms with E-state index in [1.54, 1.807) is 0 Å². The average Bonchev–Trinajstić information content (AvgIpc) is 1.83. The largest absolute Gasteiger partial charge is 0.691 e. The van der Waals surface area contributed by atoms with E-state index >= 15 is 0 Å². The van der Waals surface area contributed by atoms with Crippen LogP contribution in [0.25, 0.3) is 0 Å². The fourth-order valence-corrected chi connectivity index (χ4v) is 0.369. The minimum atomic E-state index is -0.666. The molecular weight excluding hydrogens is 129 g/mol. The molecule has 0 aromatic heterocycles. The zero-order valence-electron chi connectivity index (χ0n) is 4.70. The summed E-state index contributed by atoms with van der Waals surface area (Å²) in [7, 11) is 2.74. The van der Waals surface area contributed by atoms with Gasteiger partial charge in [-0.2, -0.15) is 0 Å². The molecule has 0 saturated heterocycles. The number of rotatable bonds is 4. The van der Waals surface area contributed by atoms with E-state index in [4.69, 9.17) is 5.21 Å². The van der Waals surface area contributed by atoms with Crippen molar-refractivity contribution in [2.45, 2.75) is 0 Å². The molecule has 0 atom stereocenters. The van der Waals surface area contributed by atoms with Crippen molar-refractivity contribution in [2.75, 3.05) is 14.2 Å². The van der Waals surface area contributed by atoms with Crippen molar-refractivity contribution in [1.82, 2.24) is 5.39 Å². The van der Waals surface area contributed by atoms with E-state index in [0.29, 0.717) is 0 Å². The topological polar surface area (TPSA) is 51.2 Å². The van der Waals surface area contributed by atoms with Crippen molar-refractivity contribution < 1.29 is 17.7 Å². The summed E-state index contributed by atoms with van der Waals surface area (Å²) in [5, 5.41) is 8.57. The Bertz CT molecular complexity index is 53.3.